The fourth-order valence-electron chi connectivity index (χ4n) is 1.96. The highest BCUT2D eigenvalue weighted by Crippen LogP contribution is 2.43. The van der Waals surface area contributed by atoms with E-state index in [0.717, 1.165) is 6.07 Å². The second-order valence-corrected chi connectivity index (χ2v) is 6.41. The van der Waals surface area contributed by atoms with Crippen LogP contribution in [0.1, 0.15) is 19.4 Å². The van der Waals surface area contributed by atoms with Crippen LogP contribution in [0.15, 0.2) is 23.1 Å². The number of nitro groups is 1. The Morgan fingerprint density at radius 1 is 1.35 bits per heavy atom. The van der Waals surface area contributed by atoms with E-state index in [1.165, 1.54) is 23.5 Å². The SMILES string of the molecule is CN1C(C)(C)c2ccc([N+](=O)[O-])cc2S1(=O)=O. The molecule has 0 spiro atoms. The zero-order chi connectivity index (χ0) is 13.0. The van der Waals surface area contributed by atoms with Crippen molar-refractivity contribution >= 4 is 15.7 Å². The Hall–Kier alpha value is -1.47. The first-order valence-electron chi connectivity index (χ1n) is 4.97. The second-order valence-electron chi connectivity index (χ2n) is 4.47. The fourth-order valence-corrected chi connectivity index (χ4v) is 3.82. The van der Waals surface area contributed by atoms with Crippen molar-refractivity contribution in [3.05, 3.63) is 33.9 Å². The van der Waals surface area contributed by atoms with E-state index in [4.69, 9.17) is 0 Å². The Morgan fingerprint density at radius 3 is 2.47 bits per heavy atom. The molecule has 1 aromatic carbocycles. The molecule has 0 bridgehead atoms. The van der Waals surface area contributed by atoms with Crippen LogP contribution in [0.4, 0.5) is 5.69 Å². The van der Waals surface area contributed by atoms with Gasteiger partial charge in [-0.05, 0) is 25.5 Å². The minimum atomic E-state index is -3.62. The lowest BCUT2D eigenvalue weighted by Crippen LogP contribution is -2.35. The monoisotopic (exact) mass is 256 g/mol. The summed E-state index contributed by atoms with van der Waals surface area (Å²) < 4.78 is 25.4. The summed E-state index contributed by atoms with van der Waals surface area (Å²) in [5.41, 5.74) is -0.299. The first-order valence-corrected chi connectivity index (χ1v) is 6.41. The molecule has 0 saturated heterocycles. The Morgan fingerprint density at radius 2 is 1.94 bits per heavy atom. The maximum atomic E-state index is 12.1. The summed E-state index contributed by atoms with van der Waals surface area (Å²) >= 11 is 0. The van der Waals surface area contributed by atoms with Gasteiger partial charge in [0.1, 0.15) is 0 Å². The summed E-state index contributed by atoms with van der Waals surface area (Å²) in [7, 11) is -2.15. The lowest BCUT2D eigenvalue weighted by molar-refractivity contribution is -0.385. The Labute approximate surface area is 99.1 Å². The molecular weight excluding hydrogens is 244 g/mol. The van der Waals surface area contributed by atoms with Crippen molar-refractivity contribution in [2.45, 2.75) is 24.3 Å². The van der Waals surface area contributed by atoms with Gasteiger partial charge in [-0.25, -0.2) is 8.42 Å². The van der Waals surface area contributed by atoms with Crippen molar-refractivity contribution in [1.82, 2.24) is 4.31 Å². The molecule has 0 aliphatic carbocycles. The molecule has 0 amide bonds. The molecular formula is C10H12N2O4S. The Kier molecular flexibility index (Phi) is 2.31. The van der Waals surface area contributed by atoms with E-state index in [2.05, 4.69) is 0 Å². The average Bonchev–Trinajstić information content (AvgIpc) is 2.38. The van der Waals surface area contributed by atoms with Gasteiger partial charge in [-0.2, -0.15) is 4.31 Å². The van der Waals surface area contributed by atoms with Crippen LogP contribution in [0.3, 0.4) is 0 Å². The lowest BCUT2D eigenvalue weighted by atomic mass is 9.94. The normalized spacial score (nSPS) is 21.1. The third-order valence-electron chi connectivity index (χ3n) is 3.26. The number of rotatable bonds is 1. The van der Waals surface area contributed by atoms with E-state index in [-0.39, 0.29) is 10.6 Å². The number of fused-ring (bicyclic) bond motifs is 1. The van der Waals surface area contributed by atoms with E-state index < -0.39 is 20.5 Å². The molecule has 1 aromatic rings. The topological polar surface area (TPSA) is 80.5 Å². The van der Waals surface area contributed by atoms with E-state index in [1.807, 2.05) is 0 Å². The van der Waals surface area contributed by atoms with E-state index in [1.54, 1.807) is 13.8 Å². The number of sulfonamides is 1. The molecule has 7 heteroatoms. The Bertz CT molecular complexity index is 607. The van der Waals surface area contributed by atoms with Gasteiger partial charge < -0.3 is 0 Å². The molecule has 0 unspecified atom stereocenters. The average molecular weight is 256 g/mol. The predicted molar refractivity (Wildman–Crippen MR) is 61.1 cm³/mol. The largest absolute Gasteiger partial charge is 0.270 e. The summed E-state index contributed by atoms with van der Waals surface area (Å²) in [4.78, 5) is 10.1. The quantitative estimate of drug-likeness (QED) is 0.562. The fraction of sp³-hybridized carbons (Fsp3) is 0.400. The molecule has 6 nitrogen and oxygen atoms in total. The molecule has 0 aromatic heterocycles. The molecule has 1 heterocycles. The molecule has 0 N–H and O–H groups in total. The van der Waals surface area contributed by atoms with Crippen LogP contribution in [-0.2, 0) is 15.6 Å². The third-order valence-corrected chi connectivity index (χ3v) is 5.33. The summed E-state index contributed by atoms with van der Waals surface area (Å²) in [6.45, 7) is 3.53. The van der Waals surface area contributed by atoms with E-state index >= 15 is 0 Å². The maximum absolute atomic E-state index is 12.1. The molecule has 0 saturated carbocycles. The first kappa shape index (κ1) is 12.0. The van der Waals surface area contributed by atoms with Crippen molar-refractivity contribution in [3.8, 4) is 0 Å². The highest BCUT2D eigenvalue weighted by Gasteiger charge is 2.46. The Balaban J connectivity index is 2.78. The van der Waals surface area contributed by atoms with Gasteiger partial charge in [0.25, 0.3) is 5.69 Å². The van der Waals surface area contributed by atoms with Crippen molar-refractivity contribution in [2.24, 2.45) is 0 Å². The lowest BCUT2D eigenvalue weighted by Gasteiger charge is -2.26. The van der Waals surface area contributed by atoms with Crippen molar-refractivity contribution in [2.75, 3.05) is 7.05 Å². The summed E-state index contributed by atoms with van der Waals surface area (Å²) in [5.74, 6) is 0. The number of nitro benzene ring substituents is 1. The van der Waals surface area contributed by atoms with Gasteiger partial charge in [0.15, 0.2) is 0 Å². The van der Waals surface area contributed by atoms with E-state index in [0.29, 0.717) is 5.56 Å². The molecule has 92 valence electrons. The summed E-state index contributed by atoms with van der Waals surface area (Å²) in [6, 6.07) is 3.96. The zero-order valence-electron chi connectivity index (χ0n) is 9.67. The minimum absolute atomic E-state index is 0.0270. The third kappa shape index (κ3) is 1.46. The highest BCUT2D eigenvalue weighted by atomic mass is 32.2. The summed E-state index contributed by atoms with van der Waals surface area (Å²) in [6.07, 6.45) is 0. The van der Waals surface area contributed by atoms with Gasteiger partial charge in [0.05, 0.1) is 15.4 Å². The van der Waals surface area contributed by atoms with Gasteiger partial charge >= 0.3 is 0 Å². The first-order chi connectivity index (χ1) is 7.69. The van der Waals surface area contributed by atoms with Crippen LogP contribution in [0.5, 0.6) is 0 Å². The van der Waals surface area contributed by atoms with Gasteiger partial charge in [0, 0.05) is 19.2 Å². The zero-order valence-corrected chi connectivity index (χ0v) is 10.5. The minimum Gasteiger partial charge on any atom is -0.258 e. The van der Waals surface area contributed by atoms with Crippen molar-refractivity contribution in [3.63, 3.8) is 0 Å². The van der Waals surface area contributed by atoms with Gasteiger partial charge in [-0.1, -0.05) is 0 Å². The van der Waals surface area contributed by atoms with Crippen molar-refractivity contribution < 1.29 is 13.3 Å². The van der Waals surface area contributed by atoms with Gasteiger partial charge in [0.2, 0.25) is 10.0 Å². The number of hydrogen-bond donors (Lipinski definition) is 0. The molecule has 17 heavy (non-hydrogen) atoms. The molecule has 0 atom stereocenters. The molecule has 0 radical (unpaired) electrons. The van der Waals surface area contributed by atoms with Crippen LogP contribution in [-0.4, -0.2) is 24.7 Å². The highest BCUT2D eigenvalue weighted by molar-refractivity contribution is 7.89. The molecule has 1 aliphatic rings. The van der Waals surface area contributed by atoms with Crippen LogP contribution in [0.25, 0.3) is 0 Å². The maximum Gasteiger partial charge on any atom is 0.270 e. The standard InChI is InChI=1S/C10H12N2O4S/c1-10(2)8-5-4-7(12(13)14)6-9(8)17(15,16)11(10)3/h4-6H,1-3H3. The number of benzene rings is 1. The van der Waals surface area contributed by atoms with Crippen LogP contribution in [0.2, 0.25) is 0 Å². The second kappa shape index (κ2) is 3.27. The molecule has 2 rings (SSSR count). The smallest absolute Gasteiger partial charge is 0.258 e. The summed E-state index contributed by atoms with van der Waals surface area (Å²) in [5, 5.41) is 10.7. The van der Waals surface area contributed by atoms with Crippen LogP contribution < -0.4 is 0 Å². The van der Waals surface area contributed by atoms with E-state index in [9.17, 15) is 18.5 Å². The van der Waals surface area contributed by atoms with Gasteiger partial charge in [-0.15, -0.1) is 0 Å². The van der Waals surface area contributed by atoms with Gasteiger partial charge in [-0.3, -0.25) is 10.1 Å². The number of nitrogens with zero attached hydrogens (tertiary/aromatic N) is 2. The van der Waals surface area contributed by atoms with Crippen LogP contribution >= 0.6 is 0 Å². The number of hydrogen-bond acceptors (Lipinski definition) is 4. The predicted octanol–water partition coefficient (Wildman–Crippen LogP) is 1.46. The van der Waals surface area contributed by atoms with Crippen molar-refractivity contribution in [1.29, 1.82) is 0 Å². The molecule has 1 aliphatic heterocycles. The molecule has 0 fully saturated rings. The number of non-ortho nitro benzene ring substituents is 1. The van der Waals surface area contributed by atoms with Crippen LogP contribution in [0, 0.1) is 10.1 Å².